The van der Waals surface area contributed by atoms with Crippen LogP contribution in [0.15, 0.2) is 41.3 Å². The van der Waals surface area contributed by atoms with E-state index in [4.69, 9.17) is 4.74 Å². The van der Waals surface area contributed by atoms with Crippen LogP contribution in [0.2, 0.25) is 0 Å². The molecule has 0 spiro atoms. The van der Waals surface area contributed by atoms with Crippen molar-refractivity contribution in [2.24, 2.45) is 0 Å². The molecule has 2 aromatic rings. The van der Waals surface area contributed by atoms with Crippen molar-refractivity contribution in [3.8, 4) is 5.75 Å². The maximum Gasteiger partial charge on any atom is 0.267 e. The first kappa shape index (κ1) is 15.2. The minimum atomic E-state index is -4.52. The van der Waals surface area contributed by atoms with Crippen molar-refractivity contribution >= 4 is 15.7 Å². The highest BCUT2D eigenvalue weighted by Crippen LogP contribution is 2.24. The molecule has 0 aliphatic carbocycles. The number of ether oxygens (including phenoxy) is 1. The standard InChI is InChI=1S/C13H10F3NO3S/c1-20-10-4-2-9(3-5-10)17-21(18,19)13-11(15)6-8(14)7-12(13)16/h2-7,17H,1H3. The summed E-state index contributed by atoms with van der Waals surface area (Å²) in [6, 6.07) is 6.24. The summed E-state index contributed by atoms with van der Waals surface area (Å²) in [6.07, 6.45) is 0. The van der Waals surface area contributed by atoms with Gasteiger partial charge in [-0.1, -0.05) is 0 Å². The van der Waals surface area contributed by atoms with E-state index in [1.165, 1.54) is 31.4 Å². The Morgan fingerprint density at radius 3 is 2.00 bits per heavy atom. The van der Waals surface area contributed by atoms with Crippen molar-refractivity contribution in [3.63, 3.8) is 0 Å². The third kappa shape index (κ3) is 3.27. The van der Waals surface area contributed by atoms with E-state index in [9.17, 15) is 21.6 Å². The number of rotatable bonds is 4. The van der Waals surface area contributed by atoms with Crippen LogP contribution in [0.25, 0.3) is 0 Å². The Morgan fingerprint density at radius 2 is 1.52 bits per heavy atom. The van der Waals surface area contributed by atoms with Gasteiger partial charge in [0.25, 0.3) is 10.0 Å². The Bertz CT molecular complexity index is 738. The SMILES string of the molecule is COc1ccc(NS(=O)(=O)c2c(F)cc(F)cc2F)cc1. The molecule has 0 heterocycles. The lowest BCUT2D eigenvalue weighted by Crippen LogP contribution is -2.16. The van der Waals surface area contributed by atoms with Crippen LogP contribution in [0.5, 0.6) is 5.75 Å². The monoisotopic (exact) mass is 317 g/mol. The summed E-state index contributed by atoms with van der Waals surface area (Å²) in [7, 11) is -3.09. The predicted octanol–water partition coefficient (Wildman–Crippen LogP) is 2.91. The molecule has 1 N–H and O–H groups in total. The van der Waals surface area contributed by atoms with Crippen LogP contribution in [-0.4, -0.2) is 15.5 Å². The Balaban J connectivity index is 2.38. The third-order valence-corrected chi connectivity index (χ3v) is 4.01. The molecule has 0 aromatic heterocycles. The summed E-state index contributed by atoms with van der Waals surface area (Å²) >= 11 is 0. The molecule has 0 saturated carbocycles. The van der Waals surface area contributed by atoms with Crippen LogP contribution in [0.3, 0.4) is 0 Å². The maximum absolute atomic E-state index is 13.5. The molecule has 4 nitrogen and oxygen atoms in total. The summed E-state index contributed by atoms with van der Waals surface area (Å²) in [5, 5.41) is 0. The number of hydrogen-bond acceptors (Lipinski definition) is 3. The smallest absolute Gasteiger partial charge is 0.267 e. The summed E-state index contributed by atoms with van der Waals surface area (Å²) in [5.41, 5.74) is 0.0823. The van der Waals surface area contributed by atoms with Gasteiger partial charge in [0.1, 0.15) is 23.2 Å². The van der Waals surface area contributed by atoms with E-state index in [-0.39, 0.29) is 5.69 Å². The Hall–Kier alpha value is -2.22. The van der Waals surface area contributed by atoms with E-state index < -0.39 is 32.4 Å². The fraction of sp³-hybridized carbons (Fsp3) is 0.0769. The lowest BCUT2D eigenvalue weighted by Gasteiger charge is -2.10. The zero-order valence-electron chi connectivity index (χ0n) is 10.7. The predicted molar refractivity (Wildman–Crippen MR) is 70.1 cm³/mol. The van der Waals surface area contributed by atoms with Gasteiger partial charge in [-0.05, 0) is 24.3 Å². The van der Waals surface area contributed by atoms with E-state index in [1.807, 2.05) is 4.72 Å². The Labute approximate surface area is 119 Å². The van der Waals surface area contributed by atoms with Crippen LogP contribution in [0, 0.1) is 17.5 Å². The van der Waals surface area contributed by atoms with Gasteiger partial charge in [0.05, 0.1) is 7.11 Å². The number of nitrogens with one attached hydrogen (secondary N) is 1. The largest absolute Gasteiger partial charge is 0.497 e. The number of anilines is 1. The topological polar surface area (TPSA) is 55.4 Å². The van der Waals surface area contributed by atoms with Crippen molar-refractivity contribution in [3.05, 3.63) is 53.8 Å². The molecule has 0 aliphatic rings. The molecule has 112 valence electrons. The summed E-state index contributed by atoms with van der Waals surface area (Å²) in [4.78, 5) is -1.24. The average molecular weight is 317 g/mol. The molecule has 0 aliphatic heterocycles. The highest BCUT2D eigenvalue weighted by Gasteiger charge is 2.25. The lowest BCUT2D eigenvalue weighted by atomic mass is 10.3. The Morgan fingerprint density at radius 1 is 1.00 bits per heavy atom. The molecule has 0 amide bonds. The second kappa shape index (κ2) is 5.65. The number of halogens is 3. The maximum atomic E-state index is 13.5. The third-order valence-electron chi connectivity index (χ3n) is 2.57. The first-order chi connectivity index (χ1) is 9.83. The van der Waals surface area contributed by atoms with E-state index in [2.05, 4.69) is 0 Å². The number of hydrogen-bond donors (Lipinski definition) is 1. The number of sulfonamides is 1. The molecule has 2 rings (SSSR count). The zero-order valence-corrected chi connectivity index (χ0v) is 11.5. The highest BCUT2D eigenvalue weighted by molar-refractivity contribution is 7.92. The van der Waals surface area contributed by atoms with Gasteiger partial charge in [-0.3, -0.25) is 4.72 Å². The molecular formula is C13H10F3NO3S. The quantitative estimate of drug-likeness (QED) is 0.943. The zero-order chi connectivity index (χ0) is 15.6. The fourth-order valence-corrected chi connectivity index (χ4v) is 2.83. The van der Waals surface area contributed by atoms with E-state index in [0.29, 0.717) is 17.9 Å². The van der Waals surface area contributed by atoms with Crippen LogP contribution >= 0.6 is 0 Å². The van der Waals surface area contributed by atoms with Crippen molar-refractivity contribution in [2.45, 2.75) is 4.90 Å². The molecule has 8 heteroatoms. The minimum absolute atomic E-state index is 0.0823. The van der Waals surface area contributed by atoms with Gasteiger partial charge >= 0.3 is 0 Å². The van der Waals surface area contributed by atoms with Crippen LogP contribution in [0.4, 0.5) is 18.9 Å². The number of methoxy groups -OCH3 is 1. The second-order valence-electron chi connectivity index (χ2n) is 4.03. The summed E-state index contributed by atoms with van der Waals surface area (Å²) in [5.74, 6) is -3.73. The summed E-state index contributed by atoms with van der Waals surface area (Å²) in [6.45, 7) is 0. The first-order valence-corrected chi connectivity index (χ1v) is 7.13. The van der Waals surface area contributed by atoms with Crippen LogP contribution in [0.1, 0.15) is 0 Å². The van der Waals surface area contributed by atoms with Gasteiger partial charge in [0.15, 0.2) is 4.90 Å². The van der Waals surface area contributed by atoms with Crippen molar-refractivity contribution < 1.29 is 26.3 Å². The fourth-order valence-electron chi connectivity index (χ4n) is 1.65. The highest BCUT2D eigenvalue weighted by atomic mass is 32.2. The second-order valence-corrected chi connectivity index (χ2v) is 5.65. The summed E-state index contributed by atoms with van der Waals surface area (Å²) < 4.78 is 70.6. The molecule has 0 radical (unpaired) electrons. The molecule has 2 aromatic carbocycles. The lowest BCUT2D eigenvalue weighted by molar-refractivity contribution is 0.415. The normalized spacial score (nSPS) is 11.2. The first-order valence-electron chi connectivity index (χ1n) is 5.65. The van der Waals surface area contributed by atoms with E-state index in [0.717, 1.165) is 0 Å². The van der Waals surface area contributed by atoms with Gasteiger partial charge in [-0.15, -0.1) is 0 Å². The van der Waals surface area contributed by atoms with Crippen LogP contribution in [-0.2, 0) is 10.0 Å². The van der Waals surface area contributed by atoms with Gasteiger partial charge in [-0.25, -0.2) is 21.6 Å². The minimum Gasteiger partial charge on any atom is -0.497 e. The van der Waals surface area contributed by atoms with Gasteiger partial charge in [0.2, 0.25) is 0 Å². The Kier molecular flexibility index (Phi) is 4.08. The van der Waals surface area contributed by atoms with Gasteiger partial charge < -0.3 is 4.74 Å². The van der Waals surface area contributed by atoms with Gasteiger partial charge in [-0.2, -0.15) is 0 Å². The number of benzene rings is 2. The molecule has 0 atom stereocenters. The molecular weight excluding hydrogens is 307 g/mol. The van der Waals surface area contributed by atoms with Gasteiger partial charge in [0, 0.05) is 17.8 Å². The molecule has 0 saturated heterocycles. The van der Waals surface area contributed by atoms with E-state index in [1.54, 1.807) is 0 Å². The van der Waals surface area contributed by atoms with Crippen LogP contribution < -0.4 is 9.46 Å². The average Bonchev–Trinajstić information content (AvgIpc) is 2.37. The molecule has 0 bridgehead atoms. The molecule has 0 fully saturated rings. The van der Waals surface area contributed by atoms with Crippen molar-refractivity contribution in [1.82, 2.24) is 0 Å². The molecule has 0 unspecified atom stereocenters. The van der Waals surface area contributed by atoms with E-state index >= 15 is 0 Å². The van der Waals surface area contributed by atoms with Crippen molar-refractivity contribution in [1.29, 1.82) is 0 Å². The van der Waals surface area contributed by atoms with Crippen molar-refractivity contribution in [2.75, 3.05) is 11.8 Å². The molecule has 21 heavy (non-hydrogen) atoms.